The minimum absolute atomic E-state index is 0.0259. The molecule has 0 aliphatic carbocycles. The van der Waals surface area contributed by atoms with Crippen molar-refractivity contribution >= 4 is 58.9 Å². The first kappa shape index (κ1) is 36.5. The lowest BCUT2D eigenvalue weighted by Crippen LogP contribution is -2.35. The molecule has 0 saturated heterocycles. The minimum atomic E-state index is -1.20. The van der Waals surface area contributed by atoms with Crippen LogP contribution < -0.4 is 20.3 Å². The van der Waals surface area contributed by atoms with Gasteiger partial charge in [-0.3, -0.25) is 50.0 Å². The predicted molar refractivity (Wildman–Crippen MR) is 174 cm³/mol. The Morgan fingerprint density at radius 1 is 0.500 bits per heavy atom. The first-order valence-corrected chi connectivity index (χ1v) is 13.9. The number of hydrogen-bond donors (Lipinski definition) is 2. The maximum absolute atomic E-state index is 12.4. The van der Waals surface area contributed by atoms with E-state index in [2.05, 4.69) is 10.2 Å². The lowest BCUT2D eigenvalue weighted by Gasteiger charge is -2.05. The van der Waals surface area contributed by atoms with Gasteiger partial charge in [0.1, 0.15) is 11.5 Å². The van der Waals surface area contributed by atoms with Crippen LogP contribution in [-0.4, -0.2) is 55.9 Å². The summed E-state index contributed by atoms with van der Waals surface area (Å²) in [7, 11) is 0. The SMILES string of the molecule is O=C(N/N=C\c1ccc(OC(=O)c2cc([N+](=O)[O-])cc([N+](=O)[O-])c2)cc1)C(=O)N/N=C\c1ccc(OC(=O)c2cc([N+](=O)[O-])cc([N+](=O)[O-])c2)cc1. The molecule has 52 heavy (non-hydrogen) atoms. The molecule has 0 aliphatic heterocycles. The summed E-state index contributed by atoms with van der Waals surface area (Å²) in [6.07, 6.45) is 2.28. The second kappa shape index (κ2) is 16.2. The van der Waals surface area contributed by atoms with Gasteiger partial charge in [0.2, 0.25) is 0 Å². The second-order valence-electron chi connectivity index (χ2n) is 9.82. The summed E-state index contributed by atoms with van der Waals surface area (Å²) in [6.45, 7) is 0. The van der Waals surface area contributed by atoms with Crippen LogP contribution in [0.15, 0.2) is 95.1 Å². The van der Waals surface area contributed by atoms with Crippen molar-refractivity contribution in [2.24, 2.45) is 10.2 Å². The van der Waals surface area contributed by atoms with E-state index in [0.717, 1.165) is 36.7 Å². The standard InChI is InChI=1S/C30H18N8O14/c39-27(33-31-15-17-1-5-25(6-2-17)51-29(41)19-9-21(35(43)44)13-22(10-19)36(45)46)28(40)34-32-16-18-3-7-26(8-4-18)52-30(42)20-11-23(37(47)48)14-24(12-20)38(49)50/h1-16H,(H,33,39)(H,34,40)/b31-15-,32-16-. The van der Waals surface area contributed by atoms with Gasteiger partial charge < -0.3 is 9.47 Å². The third-order valence-corrected chi connectivity index (χ3v) is 6.27. The topological polar surface area (TPSA) is 308 Å². The molecular weight excluding hydrogens is 696 g/mol. The fourth-order valence-corrected chi connectivity index (χ4v) is 3.86. The summed E-state index contributed by atoms with van der Waals surface area (Å²) in [5.41, 5.74) is 1.11. The van der Waals surface area contributed by atoms with Gasteiger partial charge in [-0.2, -0.15) is 10.2 Å². The molecule has 4 rings (SSSR count). The number of amides is 2. The first-order valence-electron chi connectivity index (χ1n) is 13.9. The van der Waals surface area contributed by atoms with Gasteiger partial charge >= 0.3 is 23.8 Å². The third kappa shape index (κ3) is 9.86. The molecule has 0 fully saturated rings. The summed E-state index contributed by atoms with van der Waals surface area (Å²) in [5.74, 6) is -4.64. The molecule has 22 nitrogen and oxygen atoms in total. The summed E-state index contributed by atoms with van der Waals surface area (Å²) in [6, 6.07) is 15.5. The van der Waals surface area contributed by atoms with Crippen molar-refractivity contribution in [3.63, 3.8) is 0 Å². The van der Waals surface area contributed by atoms with Crippen LogP contribution in [0.5, 0.6) is 11.5 Å². The molecule has 0 atom stereocenters. The molecule has 22 heteroatoms. The van der Waals surface area contributed by atoms with Gasteiger partial charge in [0, 0.05) is 24.3 Å². The van der Waals surface area contributed by atoms with Gasteiger partial charge in [0.25, 0.3) is 22.7 Å². The number of hydrogen-bond acceptors (Lipinski definition) is 16. The molecule has 0 spiro atoms. The number of esters is 2. The normalized spacial score (nSPS) is 10.7. The van der Waals surface area contributed by atoms with Gasteiger partial charge in [-0.15, -0.1) is 0 Å². The zero-order valence-electron chi connectivity index (χ0n) is 25.6. The number of benzene rings is 4. The smallest absolute Gasteiger partial charge is 0.344 e. The zero-order valence-corrected chi connectivity index (χ0v) is 25.6. The Morgan fingerprint density at radius 2 is 0.788 bits per heavy atom. The number of hydrazone groups is 2. The quantitative estimate of drug-likeness (QED) is 0.0531. The number of carbonyl (C=O) groups is 4. The van der Waals surface area contributed by atoms with Crippen molar-refractivity contribution in [3.05, 3.63) is 148 Å². The van der Waals surface area contributed by atoms with Crippen LogP contribution in [0.1, 0.15) is 31.8 Å². The highest BCUT2D eigenvalue weighted by Gasteiger charge is 2.22. The Bertz CT molecular complexity index is 1970. The fourth-order valence-electron chi connectivity index (χ4n) is 3.86. The highest BCUT2D eigenvalue weighted by atomic mass is 16.6. The largest absolute Gasteiger partial charge is 0.423 e. The monoisotopic (exact) mass is 714 g/mol. The summed E-state index contributed by atoms with van der Waals surface area (Å²) in [4.78, 5) is 89.5. The maximum atomic E-state index is 12.4. The van der Waals surface area contributed by atoms with Gasteiger partial charge in [-0.05, 0) is 59.7 Å². The number of carbonyl (C=O) groups excluding carboxylic acids is 4. The van der Waals surface area contributed by atoms with E-state index in [-0.39, 0.29) is 11.5 Å². The van der Waals surface area contributed by atoms with Gasteiger partial charge in [0.05, 0.1) is 55.4 Å². The van der Waals surface area contributed by atoms with Crippen molar-refractivity contribution in [3.8, 4) is 11.5 Å². The predicted octanol–water partition coefficient (Wildman–Crippen LogP) is 3.36. The van der Waals surface area contributed by atoms with Crippen LogP contribution >= 0.6 is 0 Å². The molecule has 262 valence electrons. The van der Waals surface area contributed by atoms with E-state index in [4.69, 9.17) is 9.47 Å². The molecule has 0 aliphatic rings. The molecule has 0 aromatic heterocycles. The highest BCUT2D eigenvalue weighted by molar-refractivity contribution is 6.35. The van der Waals surface area contributed by atoms with Crippen molar-refractivity contribution in [2.45, 2.75) is 0 Å². The lowest BCUT2D eigenvalue weighted by molar-refractivity contribution is -0.394. The first-order chi connectivity index (χ1) is 24.7. The molecule has 0 heterocycles. The summed E-state index contributed by atoms with van der Waals surface area (Å²) < 4.78 is 10.2. The number of rotatable bonds is 12. The number of nitrogens with zero attached hydrogens (tertiary/aromatic N) is 6. The van der Waals surface area contributed by atoms with Gasteiger partial charge in [0.15, 0.2) is 0 Å². The van der Waals surface area contributed by atoms with E-state index in [1.165, 1.54) is 48.5 Å². The van der Waals surface area contributed by atoms with Crippen LogP contribution in [0.3, 0.4) is 0 Å². The molecule has 4 aromatic rings. The molecule has 0 saturated carbocycles. The number of nitro benzene ring substituents is 4. The van der Waals surface area contributed by atoms with Crippen LogP contribution in [0.4, 0.5) is 22.7 Å². The Morgan fingerprint density at radius 3 is 1.06 bits per heavy atom. The highest BCUT2D eigenvalue weighted by Crippen LogP contribution is 2.25. The Kier molecular flexibility index (Phi) is 11.4. The lowest BCUT2D eigenvalue weighted by atomic mass is 10.1. The summed E-state index contributed by atoms with van der Waals surface area (Å²) in [5, 5.41) is 51.4. The zero-order chi connectivity index (χ0) is 37.9. The Balaban J connectivity index is 1.25. The average Bonchev–Trinajstić information content (AvgIpc) is 3.12. The van der Waals surface area contributed by atoms with E-state index in [1.807, 2.05) is 10.9 Å². The molecule has 2 amide bonds. The van der Waals surface area contributed by atoms with E-state index >= 15 is 0 Å². The number of non-ortho nitro benzene ring substituents is 4. The van der Waals surface area contributed by atoms with Crippen LogP contribution in [0, 0.1) is 40.5 Å². The molecule has 2 N–H and O–H groups in total. The molecule has 4 aromatic carbocycles. The minimum Gasteiger partial charge on any atom is -0.423 e. The molecule has 0 bridgehead atoms. The van der Waals surface area contributed by atoms with Gasteiger partial charge in [-0.25, -0.2) is 20.4 Å². The maximum Gasteiger partial charge on any atom is 0.344 e. The van der Waals surface area contributed by atoms with Gasteiger partial charge in [-0.1, -0.05) is 0 Å². The van der Waals surface area contributed by atoms with E-state index in [9.17, 15) is 59.6 Å². The summed E-state index contributed by atoms with van der Waals surface area (Å²) >= 11 is 0. The van der Waals surface area contributed by atoms with Crippen LogP contribution in [0.25, 0.3) is 0 Å². The number of ether oxygens (including phenoxy) is 2. The second-order valence-corrected chi connectivity index (χ2v) is 9.82. The van der Waals surface area contributed by atoms with E-state index < -0.39 is 77.3 Å². The van der Waals surface area contributed by atoms with E-state index in [1.54, 1.807) is 0 Å². The molecule has 0 radical (unpaired) electrons. The fraction of sp³-hybridized carbons (Fsp3) is 0. The molecular formula is C30H18N8O14. The van der Waals surface area contributed by atoms with E-state index in [0.29, 0.717) is 23.3 Å². The van der Waals surface area contributed by atoms with Crippen LogP contribution in [0.2, 0.25) is 0 Å². The Hall–Kier alpha value is -8.30. The van der Waals surface area contributed by atoms with Crippen molar-refractivity contribution in [1.82, 2.24) is 10.9 Å². The van der Waals surface area contributed by atoms with Crippen molar-refractivity contribution in [1.29, 1.82) is 0 Å². The van der Waals surface area contributed by atoms with Crippen molar-refractivity contribution < 1.29 is 48.3 Å². The van der Waals surface area contributed by atoms with Crippen molar-refractivity contribution in [2.75, 3.05) is 0 Å². The average molecular weight is 715 g/mol. The Labute approximate surface area is 287 Å². The number of nitrogens with one attached hydrogen (secondary N) is 2. The van der Waals surface area contributed by atoms with Crippen LogP contribution in [-0.2, 0) is 9.59 Å². The number of nitro groups is 4. The molecule has 0 unspecified atom stereocenters. The third-order valence-electron chi connectivity index (χ3n) is 6.27.